The van der Waals surface area contributed by atoms with Gasteiger partial charge in [0.2, 0.25) is 0 Å². The van der Waals surface area contributed by atoms with Gasteiger partial charge in [-0.05, 0) is 44.0 Å². The van der Waals surface area contributed by atoms with E-state index in [1.54, 1.807) is 10.5 Å². The summed E-state index contributed by atoms with van der Waals surface area (Å²) in [6.45, 7) is 9.75. The molecule has 1 aliphatic heterocycles. The Morgan fingerprint density at radius 1 is 1.12 bits per heavy atom. The normalized spacial score (nSPS) is 17.3. The van der Waals surface area contributed by atoms with Gasteiger partial charge in [-0.3, -0.25) is 14.1 Å². The molecule has 4 aromatic heterocycles. The number of anilines is 1. The fourth-order valence-electron chi connectivity index (χ4n) is 4.81. The average molecular weight is 447 g/mol. The maximum absolute atomic E-state index is 13.1. The molecular formula is C25H30N6O2. The van der Waals surface area contributed by atoms with Crippen molar-refractivity contribution >= 4 is 17.0 Å². The van der Waals surface area contributed by atoms with Gasteiger partial charge in [-0.15, -0.1) is 0 Å². The quantitative estimate of drug-likeness (QED) is 0.507. The lowest BCUT2D eigenvalue weighted by atomic mass is 10.1. The number of aryl methyl sites for hydroxylation is 2. The van der Waals surface area contributed by atoms with E-state index in [9.17, 15) is 9.90 Å². The molecule has 8 nitrogen and oxygen atoms in total. The maximum Gasteiger partial charge on any atom is 0.258 e. The van der Waals surface area contributed by atoms with E-state index in [0.717, 1.165) is 54.2 Å². The van der Waals surface area contributed by atoms with Crippen LogP contribution >= 0.6 is 0 Å². The number of aliphatic hydroxyl groups excluding tert-OH is 1. The first-order valence-corrected chi connectivity index (χ1v) is 11.6. The third-order valence-corrected chi connectivity index (χ3v) is 6.59. The molecule has 4 aromatic rings. The third-order valence-electron chi connectivity index (χ3n) is 6.59. The number of nitrogens with zero attached hydrogens (tertiary/aromatic N) is 6. The fraction of sp³-hybridized carbons (Fsp3) is 0.400. The largest absolute Gasteiger partial charge is 0.395 e. The number of aromatic nitrogens is 4. The predicted molar refractivity (Wildman–Crippen MR) is 130 cm³/mol. The molecule has 0 saturated carbocycles. The van der Waals surface area contributed by atoms with Gasteiger partial charge in [0, 0.05) is 62.4 Å². The van der Waals surface area contributed by atoms with Crippen LogP contribution in [-0.4, -0.2) is 67.6 Å². The SMILES string of the molecule is CCc1cc(-c2cc(=O)n3cc(N4CCN(CCO)[C@@H](C)C4)ccc3n2)cn2cc(C)nc12. The van der Waals surface area contributed by atoms with Crippen LogP contribution in [-0.2, 0) is 6.42 Å². The van der Waals surface area contributed by atoms with Gasteiger partial charge in [0.15, 0.2) is 0 Å². The number of rotatable bonds is 5. The van der Waals surface area contributed by atoms with Crippen LogP contribution in [0.25, 0.3) is 22.6 Å². The second-order valence-corrected chi connectivity index (χ2v) is 8.87. The Morgan fingerprint density at radius 3 is 2.73 bits per heavy atom. The van der Waals surface area contributed by atoms with Gasteiger partial charge in [-0.25, -0.2) is 9.97 Å². The number of fused-ring (bicyclic) bond motifs is 2. The summed E-state index contributed by atoms with van der Waals surface area (Å²) < 4.78 is 3.65. The summed E-state index contributed by atoms with van der Waals surface area (Å²) in [6.07, 6.45) is 6.74. The molecule has 5 rings (SSSR count). The summed E-state index contributed by atoms with van der Waals surface area (Å²) in [7, 11) is 0. The van der Waals surface area contributed by atoms with Crippen molar-refractivity contribution in [2.24, 2.45) is 0 Å². The van der Waals surface area contributed by atoms with E-state index < -0.39 is 0 Å². The van der Waals surface area contributed by atoms with Crippen LogP contribution in [0.4, 0.5) is 5.69 Å². The van der Waals surface area contributed by atoms with Crippen molar-refractivity contribution in [1.29, 1.82) is 0 Å². The van der Waals surface area contributed by atoms with Gasteiger partial charge in [-0.1, -0.05) is 6.92 Å². The van der Waals surface area contributed by atoms with E-state index >= 15 is 0 Å². The standard InChI is InChI=1S/C25H30N6O2/c1-4-19-11-20(15-30-13-17(2)26-25(19)30)22-12-24(33)31-16-21(5-6-23(31)27-22)29-8-7-28(9-10-32)18(3)14-29/h5-6,11-13,15-16,18,32H,4,7-10,14H2,1-3H3/t18-/m0/s1. The van der Waals surface area contributed by atoms with Crippen LogP contribution in [0.2, 0.25) is 0 Å². The Kier molecular flexibility index (Phi) is 5.64. The lowest BCUT2D eigenvalue weighted by Gasteiger charge is -2.40. The molecule has 1 N–H and O–H groups in total. The van der Waals surface area contributed by atoms with Crippen molar-refractivity contribution in [3.8, 4) is 11.3 Å². The predicted octanol–water partition coefficient (Wildman–Crippen LogP) is 2.38. The Hall–Kier alpha value is -3.23. The first-order chi connectivity index (χ1) is 16.0. The Morgan fingerprint density at radius 2 is 1.97 bits per heavy atom. The number of piperazine rings is 1. The molecule has 1 fully saturated rings. The zero-order valence-electron chi connectivity index (χ0n) is 19.4. The Labute approximate surface area is 192 Å². The van der Waals surface area contributed by atoms with E-state index in [1.165, 1.54) is 0 Å². The maximum atomic E-state index is 13.1. The number of β-amino-alcohol motifs (C(OH)–C–C–N with tert-alkyl or cyclic N) is 1. The topological polar surface area (TPSA) is 78.4 Å². The van der Waals surface area contributed by atoms with Crippen LogP contribution in [0.15, 0.2) is 47.7 Å². The fourth-order valence-corrected chi connectivity index (χ4v) is 4.81. The van der Waals surface area contributed by atoms with E-state index in [0.29, 0.717) is 23.9 Å². The second-order valence-electron chi connectivity index (χ2n) is 8.87. The molecule has 172 valence electrons. The molecule has 0 spiro atoms. The van der Waals surface area contributed by atoms with Gasteiger partial charge >= 0.3 is 0 Å². The van der Waals surface area contributed by atoms with Gasteiger partial charge in [-0.2, -0.15) is 0 Å². The highest BCUT2D eigenvalue weighted by Crippen LogP contribution is 2.24. The van der Waals surface area contributed by atoms with Crippen molar-refractivity contribution in [1.82, 2.24) is 23.7 Å². The molecule has 0 radical (unpaired) electrons. The zero-order chi connectivity index (χ0) is 23.1. The first-order valence-electron chi connectivity index (χ1n) is 11.6. The molecule has 0 aromatic carbocycles. The highest BCUT2D eigenvalue weighted by Gasteiger charge is 2.23. The minimum absolute atomic E-state index is 0.0937. The second kappa shape index (κ2) is 8.61. The van der Waals surface area contributed by atoms with Gasteiger partial charge in [0.05, 0.1) is 23.7 Å². The molecule has 0 bridgehead atoms. The number of hydrogen-bond acceptors (Lipinski definition) is 6. The molecular weight excluding hydrogens is 416 g/mol. The van der Waals surface area contributed by atoms with Crippen LogP contribution in [0, 0.1) is 6.92 Å². The summed E-state index contributed by atoms with van der Waals surface area (Å²) in [5.74, 6) is 0. The minimum Gasteiger partial charge on any atom is -0.395 e. The Bertz CT molecular complexity index is 1370. The summed E-state index contributed by atoms with van der Waals surface area (Å²) >= 11 is 0. The number of imidazole rings is 1. The van der Waals surface area contributed by atoms with Crippen LogP contribution in [0.5, 0.6) is 0 Å². The zero-order valence-corrected chi connectivity index (χ0v) is 19.4. The van der Waals surface area contributed by atoms with Crippen molar-refractivity contribution in [2.45, 2.75) is 33.2 Å². The van der Waals surface area contributed by atoms with Gasteiger partial charge < -0.3 is 14.4 Å². The molecule has 1 aliphatic rings. The van der Waals surface area contributed by atoms with Crippen molar-refractivity contribution in [2.75, 3.05) is 37.7 Å². The van der Waals surface area contributed by atoms with Crippen LogP contribution < -0.4 is 10.5 Å². The molecule has 0 unspecified atom stereocenters. The third kappa shape index (κ3) is 4.00. The minimum atomic E-state index is -0.0937. The van der Waals surface area contributed by atoms with Crippen LogP contribution in [0.3, 0.4) is 0 Å². The van der Waals surface area contributed by atoms with Crippen molar-refractivity contribution in [3.63, 3.8) is 0 Å². The summed E-state index contributed by atoms with van der Waals surface area (Å²) in [6, 6.07) is 8.00. The lowest BCUT2D eigenvalue weighted by Crippen LogP contribution is -2.52. The Balaban J connectivity index is 1.50. The average Bonchev–Trinajstić information content (AvgIpc) is 3.19. The number of hydrogen-bond donors (Lipinski definition) is 1. The van der Waals surface area contributed by atoms with E-state index in [4.69, 9.17) is 4.98 Å². The molecule has 5 heterocycles. The lowest BCUT2D eigenvalue weighted by molar-refractivity contribution is 0.146. The van der Waals surface area contributed by atoms with Gasteiger partial charge in [0.25, 0.3) is 5.56 Å². The highest BCUT2D eigenvalue weighted by molar-refractivity contribution is 5.66. The number of pyridine rings is 2. The first kappa shape index (κ1) is 21.6. The smallest absolute Gasteiger partial charge is 0.258 e. The molecule has 8 heteroatoms. The van der Waals surface area contributed by atoms with Crippen LogP contribution in [0.1, 0.15) is 25.1 Å². The molecule has 1 saturated heterocycles. The van der Waals surface area contributed by atoms with E-state index in [-0.39, 0.29) is 12.2 Å². The van der Waals surface area contributed by atoms with Gasteiger partial charge in [0.1, 0.15) is 11.3 Å². The molecule has 1 atom stereocenters. The monoisotopic (exact) mass is 446 g/mol. The van der Waals surface area contributed by atoms with Crippen molar-refractivity contribution < 1.29 is 5.11 Å². The van der Waals surface area contributed by atoms with E-state index in [2.05, 4.69) is 34.7 Å². The summed E-state index contributed by atoms with van der Waals surface area (Å²) in [5.41, 5.74) is 6.18. The summed E-state index contributed by atoms with van der Waals surface area (Å²) in [4.78, 5) is 27.1. The molecule has 33 heavy (non-hydrogen) atoms. The van der Waals surface area contributed by atoms with Crippen molar-refractivity contribution in [3.05, 3.63) is 64.5 Å². The molecule has 0 aliphatic carbocycles. The molecule has 0 amide bonds. The highest BCUT2D eigenvalue weighted by atomic mass is 16.3. The number of aliphatic hydroxyl groups is 1. The summed E-state index contributed by atoms with van der Waals surface area (Å²) in [5, 5.41) is 9.25. The van der Waals surface area contributed by atoms with E-state index in [1.807, 2.05) is 42.0 Å².